The van der Waals surface area contributed by atoms with Gasteiger partial charge in [0.1, 0.15) is 11.6 Å². The van der Waals surface area contributed by atoms with Crippen LogP contribution >= 0.6 is 15.9 Å². The van der Waals surface area contributed by atoms with E-state index in [1.807, 2.05) is 6.07 Å². The van der Waals surface area contributed by atoms with Crippen molar-refractivity contribution in [3.8, 4) is 6.07 Å². The Labute approximate surface area is 135 Å². The molecule has 0 N–H and O–H groups in total. The second-order valence-electron chi connectivity index (χ2n) is 4.54. The molecule has 1 saturated heterocycles. The highest BCUT2D eigenvalue weighted by Gasteiger charge is 2.21. The molecule has 1 aliphatic rings. The first-order chi connectivity index (χ1) is 10.5. The number of morpholine rings is 1. The summed E-state index contributed by atoms with van der Waals surface area (Å²) in [4.78, 5) is 24.2. The lowest BCUT2D eigenvalue weighted by atomic mass is 10.1. The quantitative estimate of drug-likeness (QED) is 0.353. The zero-order valence-electron chi connectivity index (χ0n) is 11.5. The number of nitro benzene ring substituents is 1. The standard InChI is InChI=1S/C14H12BrN3O4/c15-12-2-1-10(8-13(12)18(20)21)7-11(9-16)14(19)17-3-5-22-6-4-17/h1-2,7-8H,3-6H2/b11-7-. The van der Waals surface area contributed by atoms with Crippen LogP contribution in [0.2, 0.25) is 0 Å². The Morgan fingerprint density at radius 3 is 2.73 bits per heavy atom. The molecule has 0 unspecified atom stereocenters. The Kier molecular flexibility index (Phi) is 5.25. The van der Waals surface area contributed by atoms with Crippen LogP contribution in [0, 0.1) is 21.4 Å². The van der Waals surface area contributed by atoms with Gasteiger partial charge in [-0.1, -0.05) is 6.07 Å². The number of hydrogen-bond donors (Lipinski definition) is 0. The minimum Gasteiger partial charge on any atom is -0.378 e. The van der Waals surface area contributed by atoms with Crippen LogP contribution in [0.3, 0.4) is 0 Å². The minimum absolute atomic E-state index is 0.0569. The number of ether oxygens (including phenoxy) is 1. The van der Waals surface area contributed by atoms with Crippen molar-refractivity contribution in [2.75, 3.05) is 26.3 Å². The summed E-state index contributed by atoms with van der Waals surface area (Å²) in [6.07, 6.45) is 1.36. The number of carbonyl (C=O) groups excluding carboxylic acids is 1. The van der Waals surface area contributed by atoms with Gasteiger partial charge < -0.3 is 9.64 Å². The molecule has 0 aromatic heterocycles. The van der Waals surface area contributed by atoms with Crippen molar-refractivity contribution in [3.63, 3.8) is 0 Å². The second kappa shape index (κ2) is 7.15. The largest absolute Gasteiger partial charge is 0.378 e. The van der Waals surface area contributed by atoms with E-state index >= 15 is 0 Å². The highest BCUT2D eigenvalue weighted by atomic mass is 79.9. The Bertz CT molecular complexity index is 675. The van der Waals surface area contributed by atoms with E-state index in [9.17, 15) is 20.2 Å². The van der Waals surface area contributed by atoms with E-state index in [2.05, 4.69) is 15.9 Å². The molecule has 1 amide bonds. The predicted molar refractivity (Wildman–Crippen MR) is 81.8 cm³/mol. The molecule has 1 heterocycles. The maximum absolute atomic E-state index is 12.3. The normalized spacial score (nSPS) is 15.3. The van der Waals surface area contributed by atoms with E-state index in [-0.39, 0.29) is 11.3 Å². The third-order valence-electron chi connectivity index (χ3n) is 3.13. The van der Waals surface area contributed by atoms with E-state index in [1.165, 1.54) is 23.1 Å². The predicted octanol–water partition coefficient (Wildman–Crippen LogP) is 2.12. The summed E-state index contributed by atoms with van der Waals surface area (Å²) in [6, 6.07) is 6.28. The molecule has 8 heteroatoms. The maximum Gasteiger partial charge on any atom is 0.284 e. The van der Waals surface area contributed by atoms with Crippen molar-refractivity contribution in [2.24, 2.45) is 0 Å². The SMILES string of the molecule is N#C/C(=C/c1ccc(Br)c([N+](=O)[O-])c1)C(=O)N1CCOCC1. The smallest absolute Gasteiger partial charge is 0.284 e. The molecule has 22 heavy (non-hydrogen) atoms. The monoisotopic (exact) mass is 365 g/mol. The molecule has 0 radical (unpaired) electrons. The molecule has 2 rings (SSSR count). The van der Waals surface area contributed by atoms with Crippen LogP contribution in [0.1, 0.15) is 5.56 Å². The van der Waals surface area contributed by atoms with Crippen molar-refractivity contribution in [2.45, 2.75) is 0 Å². The van der Waals surface area contributed by atoms with Gasteiger partial charge in [-0.3, -0.25) is 14.9 Å². The molecule has 114 valence electrons. The van der Waals surface area contributed by atoms with Crippen molar-refractivity contribution in [1.82, 2.24) is 4.90 Å². The zero-order chi connectivity index (χ0) is 16.1. The number of carbonyl (C=O) groups is 1. The Morgan fingerprint density at radius 1 is 1.45 bits per heavy atom. The number of hydrogen-bond acceptors (Lipinski definition) is 5. The number of nitriles is 1. The summed E-state index contributed by atoms with van der Waals surface area (Å²) < 4.78 is 5.50. The molecular weight excluding hydrogens is 354 g/mol. The van der Waals surface area contributed by atoms with Gasteiger partial charge in [0.15, 0.2) is 0 Å². The molecule has 1 aliphatic heterocycles. The third-order valence-corrected chi connectivity index (χ3v) is 3.80. The molecule has 1 aromatic rings. The average molecular weight is 366 g/mol. The van der Waals surface area contributed by atoms with Gasteiger partial charge in [-0.25, -0.2) is 0 Å². The molecular formula is C14H12BrN3O4. The van der Waals surface area contributed by atoms with Crippen LogP contribution in [0.4, 0.5) is 5.69 Å². The lowest BCUT2D eigenvalue weighted by Crippen LogP contribution is -2.41. The van der Waals surface area contributed by atoms with Crippen LogP contribution in [0.15, 0.2) is 28.2 Å². The summed E-state index contributed by atoms with van der Waals surface area (Å²) in [5.74, 6) is -0.392. The van der Waals surface area contributed by atoms with Crippen LogP contribution < -0.4 is 0 Å². The Hall–Kier alpha value is -2.24. The van der Waals surface area contributed by atoms with Gasteiger partial charge in [0.25, 0.3) is 11.6 Å². The van der Waals surface area contributed by atoms with E-state index in [0.717, 1.165) is 0 Å². The van der Waals surface area contributed by atoms with Crippen LogP contribution in [0.25, 0.3) is 6.08 Å². The topological polar surface area (TPSA) is 96.5 Å². The average Bonchev–Trinajstić information content (AvgIpc) is 2.54. The lowest BCUT2D eigenvalue weighted by molar-refractivity contribution is -0.385. The molecule has 0 bridgehead atoms. The first-order valence-electron chi connectivity index (χ1n) is 6.45. The lowest BCUT2D eigenvalue weighted by Gasteiger charge is -2.26. The minimum atomic E-state index is -0.530. The van der Waals surface area contributed by atoms with Crippen molar-refractivity contribution in [1.29, 1.82) is 5.26 Å². The zero-order valence-corrected chi connectivity index (χ0v) is 13.1. The van der Waals surface area contributed by atoms with Crippen LogP contribution in [-0.4, -0.2) is 42.0 Å². The number of halogens is 1. The molecule has 1 aromatic carbocycles. The number of amides is 1. The third kappa shape index (κ3) is 3.69. The van der Waals surface area contributed by atoms with Gasteiger partial charge in [-0.2, -0.15) is 5.26 Å². The van der Waals surface area contributed by atoms with Crippen molar-refractivity contribution < 1.29 is 14.5 Å². The van der Waals surface area contributed by atoms with E-state index < -0.39 is 10.8 Å². The van der Waals surface area contributed by atoms with E-state index in [1.54, 1.807) is 6.07 Å². The molecule has 0 aliphatic carbocycles. The van der Waals surface area contributed by atoms with Gasteiger partial charge >= 0.3 is 0 Å². The number of benzene rings is 1. The van der Waals surface area contributed by atoms with Gasteiger partial charge in [-0.15, -0.1) is 0 Å². The van der Waals surface area contributed by atoms with Crippen LogP contribution in [-0.2, 0) is 9.53 Å². The maximum atomic E-state index is 12.3. The van der Waals surface area contributed by atoms with Crippen LogP contribution in [0.5, 0.6) is 0 Å². The van der Waals surface area contributed by atoms with E-state index in [0.29, 0.717) is 36.3 Å². The number of rotatable bonds is 3. The van der Waals surface area contributed by atoms with Gasteiger partial charge in [0.2, 0.25) is 0 Å². The molecule has 0 atom stereocenters. The summed E-state index contributed by atoms with van der Waals surface area (Å²) in [5, 5.41) is 20.1. The van der Waals surface area contributed by atoms with E-state index in [4.69, 9.17) is 4.74 Å². The summed E-state index contributed by atoms with van der Waals surface area (Å²) >= 11 is 3.09. The first kappa shape index (κ1) is 16.1. The fourth-order valence-corrected chi connectivity index (χ4v) is 2.40. The Morgan fingerprint density at radius 2 is 2.14 bits per heavy atom. The number of nitro groups is 1. The van der Waals surface area contributed by atoms with Gasteiger partial charge in [0.05, 0.1) is 22.6 Å². The molecule has 7 nitrogen and oxygen atoms in total. The second-order valence-corrected chi connectivity index (χ2v) is 5.40. The fraction of sp³-hybridized carbons (Fsp3) is 0.286. The summed E-state index contributed by atoms with van der Waals surface area (Å²) in [5.41, 5.74) is 0.247. The van der Waals surface area contributed by atoms with Gasteiger partial charge in [-0.05, 0) is 33.6 Å². The van der Waals surface area contributed by atoms with Gasteiger partial charge in [0, 0.05) is 19.2 Å². The highest BCUT2D eigenvalue weighted by molar-refractivity contribution is 9.10. The summed E-state index contributed by atoms with van der Waals surface area (Å²) in [7, 11) is 0. The molecule has 0 spiro atoms. The summed E-state index contributed by atoms with van der Waals surface area (Å²) in [6.45, 7) is 1.74. The fourth-order valence-electron chi connectivity index (χ4n) is 2.00. The van der Waals surface area contributed by atoms with Crippen molar-refractivity contribution in [3.05, 3.63) is 43.9 Å². The van der Waals surface area contributed by atoms with Crippen molar-refractivity contribution >= 4 is 33.6 Å². The highest BCUT2D eigenvalue weighted by Crippen LogP contribution is 2.26. The molecule has 0 saturated carbocycles. The Balaban J connectivity index is 2.29. The molecule has 1 fully saturated rings. The number of nitrogens with zero attached hydrogens (tertiary/aromatic N) is 3. The first-order valence-corrected chi connectivity index (χ1v) is 7.25.